The van der Waals surface area contributed by atoms with Crippen LogP contribution in [0.1, 0.15) is 22.9 Å². The average molecular weight is 287 g/mol. The van der Waals surface area contributed by atoms with Gasteiger partial charge in [0.2, 0.25) is 5.95 Å². The molecular weight excluding hydrogens is 270 g/mol. The molecule has 2 atom stereocenters. The number of carboxylic acid groups (broad SMARTS) is 1. The minimum Gasteiger partial charge on any atom is -0.481 e. The van der Waals surface area contributed by atoms with Gasteiger partial charge < -0.3 is 16.6 Å². The number of aromatic nitrogens is 3. The fourth-order valence-corrected chi connectivity index (χ4v) is 2.89. The molecule has 2 aromatic rings. The molecule has 1 aromatic heterocycles. The lowest BCUT2D eigenvalue weighted by Crippen LogP contribution is -2.33. The highest BCUT2D eigenvalue weighted by molar-refractivity contribution is 5.72. The highest BCUT2D eigenvalue weighted by Gasteiger charge is 2.36. The maximum Gasteiger partial charge on any atom is 0.307 e. The smallest absolute Gasteiger partial charge is 0.307 e. The van der Waals surface area contributed by atoms with E-state index >= 15 is 0 Å². The summed E-state index contributed by atoms with van der Waals surface area (Å²) < 4.78 is 1.70. The third-order valence-corrected chi connectivity index (χ3v) is 3.95. The number of nitrogen functional groups attached to an aromatic ring is 1. The molecule has 2 heterocycles. The lowest BCUT2D eigenvalue weighted by molar-refractivity contribution is -0.143. The van der Waals surface area contributed by atoms with Crippen LogP contribution in [0.3, 0.4) is 0 Å². The highest BCUT2D eigenvalue weighted by atomic mass is 16.4. The summed E-state index contributed by atoms with van der Waals surface area (Å²) >= 11 is 0. The first-order chi connectivity index (χ1) is 10.1. The minimum atomic E-state index is -0.828. The van der Waals surface area contributed by atoms with Crippen molar-refractivity contribution in [1.29, 1.82) is 0 Å². The number of aliphatic carboxylic acids is 1. The van der Waals surface area contributed by atoms with Crippen LogP contribution in [0.4, 0.5) is 5.95 Å². The van der Waals surface area contributed by atoms with Crippen LogP contribution in [0.25, 0.3) is 0 Å². The van der Waals surface area contributed by atoms with Gasteiger partial charge in [0, 0.05) is 18.9 Å². The van der Waals surface area contributed by atoms with E-state index in [0.717, 1.165) is 11.1 Å². The van der Waals surface area contributed by atoms with Crippen LogP contribution >= 0.6 is 0 Å². The van der Waals surface area contributed by atoms with Crippen molar-refractivity contribution < 1.29 is 9.90 Å². The number of rotatable bonds is 3. The van der Waals surface area contributed by atoms with E-state index in [9.17, 15) is 9.90 Å². The summed E-state index contributed by atoms with van der Waals surface area (Å²) in [4.78, 5) is 15.7. The number of nitrogens with two attached hydrogens (primary N) is 2. The molecule has 3 rings (SSSR count). The Morgan fingerprint density at radius 1 is 1.48 bits per heavy atom. The molecular formula is C14H17N5O2. The lowest BCUT2D eigenvalue weighted by Gasteiger charge is -2.29. The fourth-order valence-electron chi connectivity index (χ4n) is 2.89. The summed E-state index contributed by atoms with van der Waals surface area (Å²) in [5, 5.41) is 13.6. The number of hydrogen-bond donors (Lipinski definition) is 3. The lowest BCUT2D eigenvalue weighted by atomic mass is 9.81. The van der Waals surface area contributed by atoms with Crippen LogP contribution in [0.2, 0.25) is 0 Å². The van der Waals surface area contributed by atoms with Crippen LogP contribution in [-0.4, -0.2) is 25.8 Å². The van der Waals surface area contributed by atoms with E-state index in [4.69, 9.17) is 11.5 Å². The zero-order chi connectivity index (χ0) is 15.0. The molecule has 110 valence electrons. The second kappa shape index (κ2) is 5.17. The average Bonchev–Trinajstić information content (AvgIpc) is 2.85. The number of fused-ring (bicyclic) bond motifs is 1. The third-order valence-electron chi connectivity index (χ3n) is 3.95. The number of carboxylic acids is 1. The molecule has 1 aliphatic rings. The zero-order valence-corrected chi connectivity index (χ0v) is 11.4. The molecule has 0 spiro atoms. The molecule has 7 nitrogen and oxygen atoms in total. The van der Waals surface area contributed by atoms with Gasteiger partial charge in [-0.2, -0.15) is 4.98 Å². The number of benzene rings is 1. The quantitative estimate of drug-likeness (QED) is 0.749. The normalized spacial score (nSPS) is 21.0. The molecule has 0 bridgehead atoms. The molecule has 0 radical (unpaired) electrons. The first-order valence-electron chi connectivity index (χ1n) is 6.79. The Balaban J connectivity index is 2.00. The van der Waals surface area contributed by atoms with Crippen molar-refractivity contribution in [2.45, 2.75) is 25.4 Å². The second-order valence-corrected chi connectivity index (χ2v) is 5.27. The van der Waals surface area contributed by atoms with Gasteiger partial charge in [0.25, 0.3) is 0 Å². The van der Waals surface area contributed by atoms with E-state index in [1.807, 2.05) is 24.3 Å². The van der Waals surface area contributed by atoms with Crippen molar-refractivity contribution in [2.75, 3.05) is 5.73 Å². The highest BCUT2D eigenvalue weighted by Crippen LogP contribution is 2.34. The van der Waals surface area contributed by atoms with Crippen LogP contribution < -0.4 is 11.5 Å². The van der Waals surface area contributed by atoms with E-state index in [1.165, 1.54) is 0 Å². The Morgan fingerprint density at radius 2 is 2.29 bits per heavy atom. The summed E-state index contributed by atoms with van der Waals surface area (Å²) in [5.41, 5.74) is 13.2. The molecule has 2 unspecified atom stereocenters. The molecule has 5 N–H and O–H groups in total. The number of hydrogen-bond acceptors (Lipinski definition) is 5. The van der Waals surface area contributed by atoms with Crippen LogP contribution in [0.5, 0.6) is 0 Å². The van der Waals surface area contributed by atoms with Gasteiger partial charge in [-0.05, 0) is 11.1 Å². The molecule has 21 heavy (non-hydrogen) atoms. The Bertz CT molecular complexity index is 682. The molecule has 1 aliphatic heterocycles. The van der Waals surface area contributed by atoms with Crippen LogP contribution in [0.15, 0.2) is 24.3 Å². The summed E-state index contributed by atoms with van der Waals surface area (Å²) in [6, 6.07) is 7.74. The monoisotopic (exact) mass is 287 g/mol. The first-order valence-corrected chi connectivity index (χ1v) is 6.79. The van der Waals surface area contributed by atoms with Gasteiger partial charge in [-0.3, -0.25) is 4.79 Å². The van der Waals surface area contributed by atoms with E-state index in [-0.39, 0.29) is 11.9 Å². The van der Waals surface area contributed by atoms with Crippen molar-refractivity contribution in [2.24, 2.45) is 11.7 Å². The molecule has 0 fully saturated rings. The van der Waals surface area contributed by atoms with E-state index < -0.39 is 11.9 Å². The van der Waals surface area contributed by atoms with Crippen molar-refractivity contribution in [3.63, 3.8) is 0 Å². The van der Waals surface area contributed by atoms with E-state index in [0.29, 0.717) is 25.3 Å². The van der Waals surface area contributed by atoms with Gasteiger partial charge in [0.1, 0.15) is 5.82 Å². The van der Waals surface area contributed by atoms with Gasteiger partial charge in [-0.1, -0.05) is 24.3 Å². The molecule has 0 saturated heterocycles. The topological polar surface area (TPSA) is 120 Å². The Morgan fingerprint density at radius 3 is 3.00 bits per heavy atom. The first kappa shape index (κ1) is 13.6. The van der Waals surface area contributed by atoms with Crippen molar-refractivity contribution >= 4 is 11.9 Å². The molecule has 0 aliphatic carbocycles. The Kier molecular flexibility index (Phi) is 3.34. The molecule has 7 heteroatoms. The SMILES string of the molecule is NCc1cccc(C2Cn3nc(N)nc3CC2C(=O)O)c1. The van der Waals surface area contributed by atoms with Crippen molar-refractivity contribution in [1.82, 2.24) is 14.8 Å². The predicted octanol–water partition coefficient (Wildman–Crippen LogP) is 0.360. The fraction of sp³-hybridized carbons (Fsp3) is 0.357. The second-order valence-electron chi connectivity index (χ2n) is 5.27. The van der Waals surface area contributed by atoms with Gasteiger partial charge >= 0.3 is 5.97 Å². The summed E-state index contributed by atoms with van der Waals surface area (Å²) in [6.07, 6.45) is 0.330. The van der Waals surface area contributed by atoms with Gasteiger partial charge in [-0.25, -0.2) is 4.68 Å². The maximum atomic E-state index is 11.6. The van der Waals surface area contributed by atoms with Crippen molar-refractivity contribution in [3.05, 3.63) is 41.2 Å². The summed E-state index contributed by atoms with van der Waals surface area (Å²) in [7, 11) is 0. The van der Waals surface area contributed by atoms with Crippen molar-refractivity contribution in [3.8, 4) is 0 Å². The summed E-state index contributed by atoms with van der Waals surface area (Å²) in [6.45, 7) is 0.893. The van der Waals surface area contributed by atoms with Gasteiger partial charge in [0.05, 0.1) is 12.5 Å². The number of anilines is 1. The molecule has 0 saturated carbocycles. The predicted molar refractivity (Wildman–Crippen MR) is 76.3 cm³/mol. The third kappa shape index (κ3) is 2.47. The Hall–Kier alpha value is -2.41. The minimum absolute atomic E-state index is 0.164. The number of carbonyl (C=O) groups is 1. The largest absolute Gasteiger partial charge is 0.481 e. The molecule has 1 aromatic carbocycles. The standard InChI is InChI=1S/C14H17N5O2/c15-6-8-2-1-3-9(4-8)11-7-19-12(17-14(16)18-19)5-10(11)13(20)21/h1-4,10-11H,5-7,15H2,(H2,16,18)(H,20,21). The zero-order valence-electron chi connectivity index (χ0n) is 11.4. The maximum absolute atomic E-state index is 11.6. The Labute approximate surface area is 121 Å². The van der Waals surface area contributed by atoms with Gasteiger partial charge in [-0.15, -0.1) is 5.10 Å². The van der Waals surface area contributed by atoms with E-state index in [1.54, 1.807) is 4.68 Å². The van der Waals surface area contributed by atoms with Crippen LogP contribution in [-0.2, 0) is 24.3 Å². The number of nitrogens with zero attached hydrogens (tertiary/aromatic N) is 3. The van der Waals surface area contributed by atoms with Crippen LogP contribution in [0, 0.1) is 5.92 Å². The summed E-state index contributed by atoms with van der Waals surface area (Å²) in [5.74, 6) is -0.709. The van der Waals surface area contributed by atoms with Gasteiger partial charge in [0.15, 0.2) is 0 Å². The van der Waals surface area contributed by atoms with E-state index in [2.05, 4.69) is 10.1 Å². The molecule has 0 amide bonds.